The fourth-order valence-corrected chi connectivity index (χ4v) is 4.93. The van der Waals surface area contributed by atoms with E-state index in [4.69, 9.17) is 4.74 Å². The molecule has 4 fully saturated rings. The standard InChI is InChI=1S/C17H24O4/c1-8(2)14(19)9(3)13(18)7-17(4)12-6-10-5-11(12)16(20)21-15(10)17/h8-12,15H,5-7H2,1-4H3. The van der Waals surface area contributed by atoms with Crippen LogP contribution in [-0.2, 0) is 19.1 Å². The minimum atomic E-state index is -0.546. The van der Waals surface area contributed by atoms with E-state index >= 15 is 0 Å². The summed E-state index contributed by atoms with van der Waals surface area (Å²) in [4.78, 5) is 36.4. The van der Waals surface area contributed by atoms with E-state index in [1.165, 1.54) is 0 Å². The molecule has 2 heterocycles. The summed E-state index contributed by atoms with van der Waals surface area (Å²) < 4.78 is 5.57. The predicted molar refractivity (Wildman–Crippen MR) is 76.3 cm³/mol. The molecule has 0 spiro atoms. The molecule has 116 valence electrons. The highest BCUT2D eigenvalue weighted by atomic mass is 16.6. The number of carbonyl (C=O) groups is 3. The third-order valence-electron chi connectivity index (χ3n) is 6.10. The van der Waals surface area contributed by atoms with E-state index in [0.29, 0.717) is 12.3 Å². The summed E-state index contributed by atoms with van der Waals surface area (Å²) in [7, 11) is 0. The van der Waals surface area contributed by atoms with Crippen LogP contribution in [0, 0.1) is 35.0 Å². The van der Waals surface area contributed by atoms with Crippen LogP contribution in [0.1, 0.15) is 47.0 Å². The summed E-state index contributed by atoms with van der Waals surface area (Å²) in [5.41, 5.74) is -0.260. The molecule has 4 heteroatoms. The predicted octanol–water partition coefficient (Wildman–Crippen LogP) is 2.39. The van der Waals surface area contributed by atoms with Crippen LogP contribution >= 0.6 is 0 Å². The Balaban J connectivity index is 1.75. The third-order valence-corrected chi connectivity index (χ3v) is 6.10. The molecule has 6 unspecified atom stereocenters. The zero-order valence-electron chi connectivity index (χ0n) is 13.2. The number of carbonyl (C=O) groups excluding carboxylic acids is 3. The van der Waals surface area contributed by atoms with Crippen LogP contribution in [-0.4, -0.2) is 23.6 Å². The normalized spacial score (nSPS) is 41.5. The van der Waals surface area contributed by atoms with Gasteiger partial charge in [-0.05, 0) is 31.6 Å². The van der Waals surface area contributed by atoms with Gasteiger partial charge in [-0.1, -0.05) is 20.8 Å². The number of hydrogen-bond donors (Lipinski definition) is 0. The maximum atomic E-state index is 12.5. The molecule has 2 aliphatic heterocycles. The minimum Gasteiger partial charge on any atom is -0.461 e. The first-order chi connectivity index (χ1) is 9.75. The molecule has 4 rings (SSSR count). The van der Waals surface area contributed by atoms with E-state index in [1.807, 2.05) is 13.8 Å². The Morgan fingerprint density at radius 1 is 1.29 bits per heavy atom. The molecule has 4 bridgehead atoms. The van der Waals surface area contributed by atoms with Crippen molar-refractivity contribution < 1.29 is 19.1 Å². The van der Waals surface area contributed by atoms with Crippen molar-refractivity contribution in [3.05, 3.63) is 0 Å². The SMILES string of the molecule is CC(C)C(=O)C(C)C(=O)CC1(C)C2CC3CC2C(=O)OC31. The minimum absolute atomic E-state index is 0.00505. The number of fused-ring (bicyclic) bond motifs is 1. The second kappa shape index (κ2) is 4.65. The van der Waals surface area contributed by atoms with Gasteiger partial charge in [0.2, 0.25) is 0 Å². The van der Waals surface area contributed by atoms with Crippen molar-refractivity contribution in [3.63, 3.8) is 0 Å². The molecule has 2 saturated carbocycles. The average Bonchev–Trinajstić information content (AvgIpc) is 2.92. The van der Waals surface area contributed by atoms with Gasteiger partial charge in [0, 0.05) is 17.8 Å². The Morgan fingerprint density at radius 2 is 1.95 bits per heavy atom. The number of ether oxygens (including phenoxy) is 1. The number of rotatable bonds is 5. The number of esters is 1. The number of ketones is 2. The van der Waals surface area contributed by atoms with Gasteiger partial charge < -0.3 is 4.74 Å². The first-order valence-corrected chi connectivity index (χ1v) is 8.02. The monoisotopic (exact) mass is 292 g/mol. The number of hydrogen-bond acceptors (Lipinski definition) is 4. The molecule has 0 amide bonds. The second-order valence-corrected chi connectivity index (χ2v) is 7.73. The fourth-order valence-electron chi connectivity index (χ4n) is 4.93. The van der Waals surface area contributed by atoms with Crippen LogP contribution in [0.25, 0.3) is 0 Å². The summed E-state index contributed by atoms with van der Waals surface area (Å²) in [6.07, 6.45) is 2.17. The lowest BCUT2D eigenvalue weighted by Crippen LogP contribution is -2.53. The first kappa shape index (κ1) is 14.7. The lowest BCUT2D eigenvalue weighted by atomic mass is 9.63. The van der Waals surface area contributed by atoms with Crippen LogP contribution < -0.4 is 0 Å². The van der Waals surface area contributed by atoms with Gasteiger partial charge >= 0.3 is 5.97 Å². The molecule has 0 N–H and O–H groups in total. The Bertz CT molecular complexity index is 505. The molecule has 0 radical (unpaired) electrons. The maximum absolute atomic E-state index is 12.5. The van der Waals surface area contributed by atoms with Crippen molar-refractivity contribution in [3.8, 4) is 0 Å². The highest BCUT2D eigenvalue weighted by Gasteiger charge is 2.67. The molecule has 0 aromatic rings. The van der Waals surface area contributed by atoms with Crippen LogP contribution in [0.2, 0.25) is 0 Å². The van der Waals surface area contributed by atoms with E-state index in [0.717, 1.165) is 12.8 Å². The summed E-state index contributed by atoms with van der Waals surface area (Å²) in [5.74, 6) is -0.0600. The van der Waals surface area contributed by atoms with E-state index < -0.39 is 5.92 Å². The molecular formula is C17H24O4. The Kier molecular flexibility index (Phi) is 3.26. The van der Waals surface area contributed by atoms with Crippen molar-refractivity contribution in [1.29, 1.82) is 0 Å². The summed E-state index contributed by atoms with van der Waals surface area (Å²) in [6, 6.07) is 0. The lowest BCUT2D eigenvalue weighted by molar-refractivity contribution is -0.191. The van der Waals surface area contributed by atoms with Crippen LogP contribution in [0.4, 0.5) is 0 Å². The zero-order chi connectivity index (χ0) is 15.5. The molecule has 0 aromatic carbocycles. The molecule has 21 heavy (non-hydrogen) atoms. The number of Topliss-reactive ketones (excluding diaryl/α,β-unsaturated/α-hetero) is 2. The Morgan fingerprint density at radius 3 is 2.52 bits per heavy atom. The molecule has 2 saturated heterocycles. The second-order valence-electron chi connectivity index (χ2n) is 7.73. The molecular weight excluding hydrogens is 268 g/mol. The van der Waals surface area contributed by atoms with Gasteiger partial charge in [-0.25, -0.2) is 0 Å². The lowest BCUT2D eigenvalue weighted by Gasteiger charge is -2.48. The fraction of sp³-hybridized carbons (Fsp3) is 0.824. The van der Waals surface area contributed by atoms with E-state index in [-0.39, 0.29) is 46.8 Å². The van der Waals surface area contributed by atoms with Crippen molar-refractivity contribution >= 4 is 17.5 Å². The first-order valence-electron chi connectivity index (χ1n) is 8.02. The van der Waals surface area contributed by atoms with E-state index in [2.05, 4.69) is 6.92 Å². The molecule has 2 aliphatic carbocycles. The van der Waals surface area contributed by atoms with Crippen molar-refractivity contribution in [2.45, 2.75) is 53.1 Å². The topological polar surface area (TPSA) is 60.4 Å². The van der Waals surface area contributed by atoms with Gasteiger partial charge in [0.05, 0.1) is 11.8 Å². The smallest absolute Gasteiger partial charge is 0.309 e. The van der Waals surface area contributed by atoms with Crippen LogP contribution in [0.15, 0.2) is 0 Å². The molecule has 4 aliphatic rings. The van der Waals surface area contributed by atoms with Gasteiger partial charge in [-0.15, -0.1) is 0 Å². The van der Waals surface area contributed by atoms with Crippen molar-refractivity contribution in [2.24, 2.45) is 35.0 Å². The Labute approximate surface area is 125 Å². The highest BCUT2D eigenvalue weighted by molar-refractivity contribution is 6.03. The van der Waals surface area contributed by atoms with Crippen LogP contribution in [0.5, 0.6) is 0 Å². The average molecular weight is 292 g/mol. The van der Waals surface area contributed by atoms with Gasteiger partial charge in [0.15, 0.2) is 0 Å². The zero-order valence-corrected chi connectivity index (χ0v) is 13.2. The van der Waals surface area contributed by atoms with E-state index in [9.17, 15) is 14.4 Å². The van der Waals surface area contributed by atoms with Gasteiger partial charge in [0.25, 0.3) is 0 Å². The summed E-state index contributed by atoms with van der Waals surface area (Å²) in [6.45, 7) is 7.45. The molecule has 0 aromatic heterocycles. The largest absolute Gasteiger partial charge is 0.461 e. The summed E-state index contributed by atoms with van der Waals surface area (Å²) in [5, 5.41) is 0. The summed E-state index contributed by atoms with van der Waals surface area (Å²) >= 11 is 0. The van der Waals surface area contributed by atoms with Crippen LogP contribution in [0.3, 0.4) is 0 Å². The van der Waals surface area contributed by atoms with Gasteiger partial charge in [-0.3, -0.25) is 14.4 Å². The van der Waals surface area contributed by atoms with Crippen molar-refractivity contribution in [1.82, 2.24) is 0 Å². The van der Waals surface area contributed by atoms with Gasteiger partial charge in [0.1, 0.15) is 17.7 Å². The Hall–Kier alpha value is -1.19. The third kappa shape index (κ3) is 1.98. The van der Waals surface area contributed by atoms with E-state index in [1.54, 1.807) is 6.92 Å². The highest BCUT2D eigenvalue weighted by Crippen LogP contribution is 2.64. The maximum Gasteiger partial charge on any atom is 0.309 e. The van der Waals surface area contributed by atoms with Gasteiger partial charge in [-0.2, -0.15) is 0 Å². The molecule has 6 atom stereocenters. The molecule has 4 nitrogen and oxygen atoms in total. The van der Waals surface area contributed by atoms with Crippen molar-refractivity contribution in [2.75, 3.05) is 0 Å². The quantitative estimate of drug-likeness (QED) is 0.576.